The van der Waals surface area contributed by atoms with E-state index in [0.717, 1.165) is 11.4 Å². The van der Waals surface area contributed by atoms with Crippen molar-refractivity contribution in [2.75, 3.05) is 5.32 Å². The van der Waals surface area contributed by atoms with Gasteiger partial charge in [0.1, 0.15) is 11.8 Å². The summed E-state index contributed by atoms with van der Waals surface area (Å²) in [4.78, 5) is 0. The number of hydrogen-bond donors (Lipinski definition) is 1. The zero-order valence-corrected chi connectivity index (χ0v) is 15.8. The first-order chi connectivity index (χ1) is 12.5. The second kappa shape index (κ2) is 7.55. The second-order valence-corrected chi connectivity index (χ2v) is 6.74. The molecule has 3 rings (SSSR count). The van der Waals surface area contributed by atoms with Crippen LogP contribution in [0, 0.1) is 5.92 Å². The quantitative estimate of drug-likeness (QED) is 0.701. The van der Waals surface area contributed by atoms with Crippen LogP contribution in [0.25, 0.3) is 5.69 Å². The van der Waals surface area contributed by atoms with Gasteiger partial charge in [-0.3, -0.25) is 4.68 Å². The fraction of sp³-hybridized carbons (Fsp3) is 0.444. The van der Waals surface area contributed by atoms with Crippen molar-refractivity contribution < 1.29 is 4.74 Å². The Labute approximate surface area is 153 Å². The van der Waals surface area contributed by atoms with E-state index in [1.807, 2.05) is 57.4 Å². The fourth-order valence-electron chi connectivity index (χ4n) is 2.48. The third kappa shape index (κ3) is 3.84. The number of aryl methyl sites for hydroxylation is 1. The molecule has 2 atom stereocenters. The summed E-state index contributed by atoms with van der Waals surface area (Å²) in [5, 5.41) is 20.0. The molecule has 3 aromatic rings. The Morgan fingerprint density at radius 3 is 2.50 bits per heavy atom. The van der Waals surface area contributed by atoms with Gasteiger partial charge in [0.25, 0.3) is 5.88 Å². The first-order valence-corrected chi connectivity index (χ1v) is 8.76. The van der Waals surface area contributed by atoms with E-state index in [9.17, 15) is 0 Å². The Kier molecular flexibility index (Phi) is 5.20. The molecule has 8 nitrogen and oxygen atoms in total. The molecule has 0 radical (unpaired) electrons. The third-order valence-corrected chi connectivity index (χ3v) is 4.28. The van der Waals surface area contributed by atoms with Crippen molar-refractivity contribution in [2.24, 2.45) is 13.0 Å². The van der Waals surface area contributed by atoms with Crippen LogP contribution in [0.1, 0.15) is 39.6 Å². The Hall–Kier alpha value is -2.90. The van der Waals surface area contributed by atoms with Crippen LogP contribution < -0.4 is 10.1 Å². The molecule has 0 aliphatic rings. The van der Waals surface area contributed by atoms with Gasteiger partial charge in [0.15, 0.2) is 5.82 Å². The van der Waals surface area contributed by atoms with Crippen LogP contribution in [0.4, 0.5) is 5.69 Å². The highest BCUT2D eigenvalue weighted by atomic mass is 16.5. The summed E-state index contributed by atoms with van der Waals surface area (Å²) >= 11 is 0. The van der Waals surface area contributed by atoms with Gasteiger partial charge in [-0.15, -0.1) is 10.2 Å². The van der Waals surface area contributed by atoms with E-state index in [-0.39, 0.29) is 12.1 Å². The maximum absolute atomic E-state index is 6.01. The summed E-state index contributed by atoms with van der Waals surface area (Å²) in [6, 6.07) is 9.68. The van der Waals surface area contributed by atoms with E-state index in [4.69, 9.17) is 4.74 Å². The summed E-state index contributed by atoms with van der Waals surface area (Å²) in [6.45, 7) is 8.30. The number of aromatic nitrogens is 6. The lowest BCUT2D eigenvalue weighted by Crippen LogP contribution is -2.20. The minimum Gasteiger partial charge on any atom is -0.472 e. The normalized spacial score (nSPS) is 13.6. The van der Waals surface area contributed by atoms with Crippen molar-refractivity contribution in [1.82, 2.24) is 30.0 Å². The lowest BCUT2D eigenvalue weighted by atomic mass is 10.1. The average Bonchev–Trinajstić information content (AvgIpc) is 3.22. The molecule has 0 aliphatic heterocycles. The molecular formula is C18H25N7O. The van der Waals surface area contributed by atoms with Crippen molar-refractivity contribution in [1.29, 1.82) is 0 Å². The highest BCUT2D eigenvalue weighted by molar-refractivity contribution is 5.52. The smallest absolute Gasteiger partial charge is 0.256 e. The van der Waals surface area contributed by atoms with E-state index >= 15 is 0 Å². The predicted octanol–water partition coefficient (Wildman–Crippen LogP) is 2.99. The van der Waals surface area contributed by atoms with Gasteiger partial charge >= 0.3 is 0 Å². The van der Waals surface area contributed by atoms with Crippen LogP contribution in [0.2, 0.25) is 0 Å². The molecule has 2 unspecified atom stereocenters. The number of para-hydroxylation sites is 1. The molecule has 0 saturated carbocycles. The van der Waals surface area contributed by atoms with Crippen molar-refractivity contribution in [3.05, 3.63) is 42.4 Å². The Morgan fingerprint density at radius 1 is 1.08 bits per heavy atom. The van der Waals surface area contributed by atoms with E-state index < -0.39 is 0 Å². The molecule has 26 heavy (non-hydrogen) atoms. The van der Waals surface area contributed by atoms with Crippen LogP contribution in [-0.2, 0) is 7.05 Å². The number of rotatable bonds is 7. The molecule has 2 heterocycles. The standard InChI is InChI=1S/C18H25N7O/c1-12(2)14(4)26-18-16(11-24(5)21-18)19-13(3)17-20-22-23-25(17)15-9-7-6-8-10-15/h6-14,19H,1-5H3. The molecule has 0 amide bonds. The summed E-state index contributed by atoms with van der Waals surface area (Å²) in [5.74, 6) is 1.69. The average molecular weight is 355 g/mol. The van der Waals surface area contributed by atoms with E-state index in [1.54, 1.807) is 9.36 Å². The molecule has 2 aromatic heterocycles. The summed E-state index contributed by atoms with van der Waals surface area (Å²) < 4.78 is 9.47. The molecule has 1 N–H and O–H groups in total. The van der Waals surface area contributed by atoms with Crippen molar-refractivity contribution >= 4 is 5.69 Å². The fourth-order valence-corrected chi connectivity index (χ4v) is 2.48. The Bertz CT molecular complexity index is 840. The highest BCUT2D eigenvalue weighted by Gasteiger charge is 2.20. The van der Waals surface area contributed by atoms with Gasteiger partial charge in [-0.1, -0.05) is 32.0 Å². The van der Waals surface area contributed by atoms with Crippen LogP contribution >= 0.6 is 0 Å². The molecule has 0 saturated heterocycles. The first kappa shape index (κ1) is 17.9. The number of nitrogens with one attached hydrogen (secondary N) is 1. The summed E-state index contributed by atoms with van der Waals surface area (Å²) in [7, 11) is 1.87. The van der Waals surface area contributed by atoms with Crippen molar-refractivity contribution in [3.63, 3.8) is 0 Å². The maximum Gasteiger partial charge on any atom is 0.256 e. The zero-order chi connectivity index (χ0) is 18.7. The molecular weight excluding hydrogens is 330 g/mol. The van der Waals surface area contributed by atoms with Crippen molar-refractivity contribution in [2.45, 2.75) is 39.8 Å². The molecule has 1 aromatic carbocycles. The summed E-state index contributed by atoms with van der Waals surface area (Å²) in [5.41, 5.74) is 1.73. The second-order valence-electron chi connectivity index (χ2n) is 6.74. The largest absolute Gasteiger partial charge is 0.472 e. The highest BCUT2D eigenvalue weighted by Crippen LogP contribution is 2.28. The van der Waals surface area contributed by atoms with Gasteiger partial charge in [-0.25, -0.2) is 0 Å². The van der Waals surface area contributed by atoms with Gasteiger partial charge in [0.2, 0.25) is 0 Å². The van der Waals surface area contributed by atoms with Crippen LogP contribution in [0.5, 0.6) is 5.88 Å². The van der Waals surface area contributed by atoms with Gasteiger partial charge < -0.3 is 10.1 Å². The van der Waals surface area contributed by atoms with E-state index in [2.05, 4.69) is 39.8 Å². The molecule has 138 valence electrons. The van der Waals surface area contributed by atoms with E-state index in [0.29, 0.717) is 17.6 Å². The van der Waals surface area contributed by atoms with Crippen molar-refractivity contribution in [3.8, 4) is 11.6 Å². The topological polar surface area (TPSA) is 82.7 Å². The minimum absolute atomic E-state index is 0.0652. The molecule has 8 heteroatoms. The maximum atomic E-state index is 6.01. The lowest BCUT2D eigenvalue weighted by Gasteiger charge is -2.19. The molecule has 0 spiro atoms. The van der Waals surface area contributed by atoms with Crippen LogP contribution in [0.15, 0.2) is 36.5 Å². The number of nitrogens with zero attached hydrogens (tertiary/aromatic N) is 6. The predicted molar refractivity (Wildman–Crippen MR) is 99.3 cm³/mol. The molecule has 0 bridgehead atoms. The lowest BCUT2D eigenvalue weighted by molar-refractivity contribution is 0.163. The van der Waals surface area contributed by atoms with E-state index in [1.165, 1.54) is 0 Å². The number of anilines is 1. The molecule has 0 aliphatic carbocycles. The molecule has 0 fully saturated rings. The minimum atomic E-state index is -0.133. The van der Waals surface area contributed by atoms with Gasteiger partial charge in [-0.2, -0.15) is 4.68 Å². The van der Waals surface area contributed by atoms with Gasteiger partial charge in [0.05, 0.1) is 17.9 Å². The van der Waals surface area contributed by atoms with Crippen LogP contribution in [-0.4, -0.2) is 36.1 Å². The number of hydrogen-bond acceptors (Lipinski definition) is 6. The monoisotopic (exact) mass is 355 g/mol. The number of benzene rings is 1. The number of ether oxygens (including phenoxy) is 1. The van der Waals surface area contributed by atoms with Gasteiger partial charge in [-0.05, 0) is 42.3 Å². The third-order valence-electron chi connectivity index (χ3n) is 4.28. The first-order valence-electron chi connectivity index (χ1n) is 8.76. The Morgan fingerprint density at radius 2 is 1.81 bits per heavy atom. The zero-order valence-electron chi connectivity index (χ0n) is 15.8. The Balaban J connectivity index is 1.82. The summed E-state index contributed by atoms with van der Waals surface area (Å²) in [6.07, 6.45) is 1.96. The van der Waals surface area contributed by atoms with Gasteiger partial charge in [0, 0.05) is 7.05 Å². The van der Waals surface area contributed by atoms with Crippen LogP contribution in [0.3, 0.4) is 0 Å². The SMILES string of the molecule is CC(Nc1cn(C)nc1OC(C)C(C)C)c1nnnn1-c1ccccc1. The number of tetrazole rings is 1.